The molecule has 0 atom stereocenters. The normalized spacial score (nSPS) is 10.0. The molecule has 1 heterocycles. The molecule has 0 saturated carbocycles. The van der Waals surface area contributed by atoms with Crippen molar-refractivity contribution in [2.24, 2.45) is 7.05 Å². The fraction of sp³-hybridized carbons (Fsp3) is 0.200. The molecule has 0 radical (unpaired) electrons. The molecule has 8 heteroatoms. The number of rotatable bonds is 5. The topological polar surface area (TPSA) is 105 Å². The zero-order valence-electron chi connectivity index (χ0n) is 12.8. The van der Waals surface area contributed by atoms with E-state index in [-0.39, 0.29) is 24.3 Å². The molecule has 0 saturated heterocycles. The summed E-state index contributed by atoms with van der Waals surface area (Å²) in [6, 6.07) is 8.22. The summed E-state index contributed by atoms with van der Waals surface area (Å²) in [4.78, 5) is 34.6. The van der Waals surface area contributed by atoms with Gasteiger partial charge >= 0.3 is 0 Å². The first-order valence-electron chi connectivity index (χ1n) is 6.89. The molecule has 2 aromatic rings. The van der Waals surface area contributed by atoms with Crippen LogP contribution in [0.25, 0.3) is 0 Å². The molecule has 23 heavy (non-hydrogen) atoms. The molecule has 0 spiro atoms. The second kappa shape index (κ2) is 7.21. The van der Waals surface area contributed by atoms with Crippen LogP contribution in [0.3, 0.4) is 0 Å². The van der Waals surface area contributed by atoms with E-state index in [1.165, 1.54) is 17.8 Å². The third-order valence-corrected chi connectivity index (χ3v) is 2.95. The average Bonchev–Trinajstić information content (AvgIpc) is 2.92. The van der Waals surface area contributed by atoms with Crippen LogP contribution in [0.15, 0.2) is 36.5 Å². The number of hydrogen-bond acceptors (Lipinski definition) is 4. The standard InChI is InChI=1S/C15H17N5O3/c1-10(21)18-11-3-5-12(6-4-11)19-14(22)9-16-15(23)13-7-8-17-20(13)2/h3-8H,9H2,1-2H3,(H,16,23)(H,18,21)(H,19,22). The zero-order valence-corrected chi connectivity index (χ0v) is 12.8. The number of aryl methyl sites for hydroxylation is 1. The molecule has 8 nitrogen and oxygen atoms in total. The van der Waals surface area contributed by atoms with Gasteiger partial charge in [-0.05, 0) is 30.3 Å². The lowest BCUT2D eigenvalue weighted by molar-refractivity contribution is -0.115. The average molecular weight is 315 g/mol. The predicted molar refractivity (Wildman–Crippen MR) is 84.9 cm³/mol. The first kappa shape index (κ1) is 16.2. The Kier molecular flexibility index (Phi) is 5.08. The maximum atomic E-state index is 11.8. The fourth-order valence-electron chi connectivity index (χ4n) is 1.89. The van der Waals surface area contributed by atoms with Gasteiger partial charge in [-0.25, -0.2) is 0 Å². The van der Waals surface area contributed by atoms with Gasteiger partial charge in [0, 0.05) is 31.5 Å². The van der Waals surface area contributed by atoms with E-state index in [4.69, 9.17) is 0 Å². The molecule has 0 aliphatic heterocycles. The van der Waals surface area contributed by atoms with Crippen LogP contribution >= 0.6 is 0 Å². The van der Waals surface area contributed by atoms with Crippen molar-refractivity contribution in [2.45, 2.75) is 6.92 Å². The SMILES string of the molecule is CC(=O)Nc1ccc(NC(=O)CNC(=O)c2ccnn2C)cc1. The van der Waals surface area contributed by atoms with E-state index >= 15 is 0 Å². The van der Waals surface area contributed by atoms with Gasteiger partial charge in [-0.1, -0.05) is 0 Å². The lowest BCUT2D eigenvalue weighted by Gasteiger charge is -2.08. The monoisotopic (exact) mass is 315 g/mol. The lowest BCUT2D eigenvalue weighted by atomic mass is 10.2. The minimum absolute atomic E-state index is 0.155. The predicted octanol–water partition coefficient (Wildman–Crippen LogP) is 0.747. The van der Waals surface area contributed by atoms with Crippen LogP contribution < -0.4 is 16.0 Å². The van der Waals surface area contributed by atoms with Crippen LogP contribution in [0, 0.1) is 0 Å². The highest BCUT2D eigenvalue weighted by atomic mass is 16.2. The van der Waals surface area contributed by atoms with Crippen molar-refractivity contribution in [3.05, 3.63) is 42.2 Å². The van der Waals surface area contributed by atoms with Crippen molar-refractivity contribution in [1.82, 2.24) is 15.1 Å². The molecular weight excluding hydrogens is 298 g/mol. The third-order valence-electron chi connectivity index (χ3n) is 2.95. The summed E-state index contributed by atoms with van der Waals surface area (Å²) in [7, 11) is 1.64. The van der Waals surface area contributed by atoms with Crippen molar-refractivity contribution in [1.29, 1.82) is 0 Å². The van der Waals surface area contributed by atoms with Gasteiger partial charge in [0.05, 0.1) is 6.54 Å². The maximum Gasteiger partial charge on any atom is 0.269 e. The van der Waals surface area contributed by atoms with Crippen molar-refractivity contribution in [3.8, 4) is 0 Å². The minimum Gasteiger partial charge on any atom is -0.342 e. The minimum atomic E-state index is -0.374. The summed E-state index contributed by atoms with van der Waals surface area (Å²) in [5, 5.41) is 11.7. The van der Waals surface area contributed by atoms with E-state index in [1.807, 2.05) is 0 Å². The molecule has 120 valence electrons. The first-order valence-corrected chi connectivity index (χ1v) is 6.89. The molecule has 0 unspecified atom stereocenters. The molecule has 0 aliphatic rings. The highest BCUT2D eigenvalue weighted by molar-refractivity contribution is 5.98. The number of amides is 3. The number of nitrogens with zero attached hydrogens (tertiary/aromatic N) is 2. The van der Waals surface area contributed by atoms with Crippen molar-refractivity contribution in [2.75, 3.05) is 17.2 Å². The molecule has 2 rings (SSSR count). The van der Waals surface area contributed by atoms with Crippen LogP contribution in [0.4, 0.5) is 11.4 Å². The Balaban J connectivity index is 1.84. The molecule has 0 bridgehead atoms. The maximum absolute atomic E-state index is 11.8. The lowest BCUT2D eigenvalue weighted by Crippen LogP contribution is -2.33. The Labute approximate surface area is 132 Å². The van der Waals surface area contributed by atoms with Gasteiger partial charge in [-0.15, -0.1) is 0 Å². The van der Waals surface area contributed by atoms with Gasteiger partial charge in [-0.3, -0.25) is 19.1 Å². The molecule has 1 aromatic heterocycles. The molecule has 3 amide bonds. The zero-order chi connectivity index (χ0) is 16.8. The van der Waals surface area contributed by atoms with Gasteiger partial charge in [0.25, 0.3) is 5.91 Å². The molecule has 0 fully saturated rings. The summed E-state index contributed by atoms with van der Waals surface area (Å²) in [5.41, 5.74) is 1.58. The third kappa shape index (κ3) is 4.67. The summed E-state index contributed by atoms with van der Waals surface area (Å²) in [6.07, 6.45) is 1.51. The number of carbonyl (C=O) groups is 3. The highest BCUT2D eigenvalue weighted by Gasteiger charge is 2.11. The largest absolute Gasteiger partial charge is 0.342 e. The Hall–Kier alpha value is -3.16. The summed E-state index contributed by atoms with van der Waals surface area (Å²) < 4.78 is 1.42. The number of carbonyl (C=O) groups excluding carboxylic acids is 3. The second-order valence-electron chi connectivity index (χ2n) is 4.83. The summed E-state index contributed by atoms with van der Waals surface area (Å²) >= 11 is 0. The van der Waals surface area contributed by atoms with Gasteiger partial charge in [0.2, 0.25) is 11.8 Å². The van der Waals surface area contributed by atoms with Crippen molar-refractivity contribution >= 4 is 29.1 Å². The van der Waals surface area contributed by atoms with E-state index in [9.17, 15) is 14.4 Å². The van der Waals surface area contributed by atoms with E-state index in [0.717, 1.165) is 0 Å². The second-order valence-corrected chi connectivity index (χ2v) is 4.83. The fourth-order valence-corrected chi connectivity index (χ4v) is 1.89. The quantitative estimate of drug-likeness (QED) is 0.757. The Bertz CT molecular complexity index is 721. The smallest absolute Gasteiger partial charge is 0.269 e. The van der Waals surface area contributed by atoms with E-state index < -0.39 is 0 Å². The summed E-state index contributed by atoms with van der Waals surface area (Å²) in [6.45, 7) is 1.26. The van der Waals surface area contributed by atoms with Crippen LogP contribution in [0.5, 0.6) is 0 Å². The number of hydrogen-bond donors (Lipinski definition) is 3. The Morgan fingerprint density at radius 1 is 1.04 bits per heavy atom. The molecule has 1 aromatic carbocycles. The van der Waals surface area contributed by atoms with E-state index in [0.29, 0.717) is 17.1 Å². The number of aromatic nitrogens is 2. The molecule has 3 N–H and O–H groups in total. The van der Waals surface area contributed by atoms with Crippen LogP contribution in [-0.2, 0) is 16.6 Å². The van der Waals surface area contributed by atoms with Crippen molar-refractivity contribution < 1.29 is 14.4 Å². The van der Waals surface area contributed by atoms with Crippen LogP contribution in [0.2, 0.25) is 0 Å². The number of anilines is 2. The molecular formula is C15H17N5O3. The van der Waals surface area contributed by atoms with Gasteiger partial charge in [0.15, 0.2) is 0 Å². The van der Waals surface area contributed by atoms with Gasteiger partial charge in [-0.2, -0.15) is 5.10 Å². The molecule has 0 aliphatic carbocycles. The van der Waals surface area contributed by atoms with Crippen molar-refractivity contribution in [3.63, 3.8) is 0 Å². The number of benzene rings is 1. The van der Waals surface area contributed by atoms with Crippen LogP contribution in [-0.4, -0.2) is 34.0 Å². The number of nitrogens with one attached hydrogen (secondary N) is 3. The van der Waals surface area contributed by atoms with E-state index in [1.54, 1.807) is 37.4 Å². The first-order chi connectivity index (χ1) is 11.0. The van der Waals surface area contributed by atoms with E-state index in [2.05, 4.69) is 21.0 Å². The highest BCUT2D eigenvalue weighted by Crippen LogP contribution is 2.13. The Morgan fingerprint density at radius 2 is 1.65 bits per heavy atom. The van der Waals surface area contributed by atoms with Gasteiger partial charge < -0.3 is 16.0 Å². The summed E-state index contributed by atoms with van der Waals surface area (Å²) in [5.74, 6) is -0.895. The van der Waals surface area contributed by atoms with Gasteiger partial charge in [0.1, 0.15) is 5.69 Å². The Morgan fingerprint density at radius 3 is 2.17 bits per heavy atom. The van der Waals surface area contributed by atoms with Crippen LogP contribution in [0.1, 0.15) is 17.4 Å².